The van der Waals surface area contributed by atoms with Gasteiger partial charge in [-0.3, -0.25) is 0 Å². The van der Waals surface area contributed by atoms with E-state index in [9.17, 15) is 26.2 Å². The van der Waals surface area contributed by atoms with E-state index >= 15 is 0 Å². The van der Waals surface area contributed by atoms with Crippen LogP contribution < -0.4 is 0 Å². The zero-order valence-corrected chi connectivity index (χ0v) is 10.4. The topological polar surface area (TPSA) is 69.7 Å². The second-order valence-electron chi connectivity index (χ2n) is 3.13. The average Bonchev–Trinajstić information content (AvgIpc) is 1.94. The smallest absolute Gasteiger partial charge is 0.206 e. The molecule has 10 heteroatoms. The molecule has 0 heterocycles. The molecule has 96 valence electrons. The van der Waals surface area contributed by atoms with Gasteiger partial charge in [-0.25, -0.2) is 4.18 Å². The van der Waals surface area contributed by atoms with Crippen molar-refractivity contribution in [3.05, 3.63) is 0 Å². The lowest BCUT2D eigenvalue weighted by Crippen LogP contribution is -2.31. The molecule has 2 atom stereocenters. The number of halogens is 3. The minimum atomic E-state index is -5.08. The number of rotatable bonds is 5. The molecular weight excluding hydrogens is 272 g/mol. The van der Waals surface area contributed by atoms with Crippen LogP contribution in [0.2, 0.25) is 0 Å². The highest BCUT2D eigenvalue weighted by atomic mass is 32.2. The normalized spacial score (nSPS) is 16.3. The van der Waals surface area contributed by atoms with Gasteiger partial charge in [-0.2, -0.15) is 21.6 Å². The predicted molar refractivity (Wildman–Crippen MR) is 49.6 cm³/mol. The quantitative estimate of drug-likeness (QED) is 0.570. The van der Waals surface area contributed by atoms with Crippen molar-refractivity contribution in [2.45, 2.75) is 32.0 Å². The summed E-state index contributed by atoms with van der Waals surface area (Å²) in [6.07, 6.45) is -5.38. The molecule has 0 bridgehead atoms. The molecule has 0 aliphatic heterocycles. The van der Waals surface area contributed by atoms with Gasteiger partial charge in [0.25, 0.3) is 10.1 Å². The van der Waals surface area contributed by atoms with E-state index in [1.807, 2.05) is 0 Å². The molecular formula is C6H11F3O5PS+. The maximum absolute atomic E-state index is 12.3. The molecule has 0 aromatic rings. The first-order valence-electron chi connectivity index (χ1n) is 4.01. The van der Waals surface area contributed by atoms with Gasteiger partial charge in [0.2, 0.25) is 0 Å². The Hall–Kier alpha value is -0.240. The molecule has 2 unspecified atom stereocenters. The van der Waals surface area contributed by atoms with Crippen LogP contribution in [-0.2, 0) is 23.4 Å². The Balaban J connectivity index is 4.90. The molecule has 5 nitrogen and oxygen atoms in total. The highest BCUT2D eigenvalue weighted by molar-refractivity contribution is 7.86. The Bertz CT molecular complexity index is 350. The summed E-state index contributed by atoms with van der Waals surface area (Å²) >= 11 is 0. The van der Waals surface area contributed by atoms with Crippen molar-refractivity contribution in [3.63, 3.8) is 0 Å². The van der Waals surface area contributed by atoms with Crippen LogP contribution in [0.15, 0.2) is 0 Å². The zero-order valence-electron chi connectivity index (χ0n) is 8.69. The monoisotopic (exact) mass is 283 g/mol. The van der Waals surface area contributed by atoms with Gasteiger partial charge in [0.1, 0.15) is 6.10 Å². The van der Waals surface area contributed by atoms with Crippen molar-refractivity contribution in [2.24, 2.45) is 0 Å². The number of alkyl halides is 3. The number of hydrogen-bond donors (Lipinski definition) is 0. The Labute approximate surface area is 91.9 Å². The van der Waals surface area contributed by atoms with Gasteiger partial charge in [0.15, 0.2) is 0 Å². The zero-order chi connectivity index (χ0) is 13.1. The fourth-order valence-electron chi connectivity index (χ4n) is 0.638. The van der Waals surface area contributed by atoms with Gasteiger partial charge in [-0.05, 0) is 18.4 Å². The maximum atomic E-state index is 12.3. The fourth-order valence-corrected chi connectivity index (χ4v) is 2.59. The molecule has 0 saturated carbocycles. The molecule has 0 aromatic carbocycles. The molecule has 0 saturated heterocycles. The van der Waals surface area contributed by atoms with Crippen molar-refractivity contribution >= 4 is 18.1 Å². The van der Waals surface area contributed by atoms with E-state index in [1.54, 1.807) is 0 Å². The van der Waals surface area contributed by atoms with E-state index in [4.69, 9.17) is 0 Å². The largest absolute Gasteiger partial charge is 0.552 e. The lowest BCUT2D eigenvalue weighted by Gasteiger charge is -2.10. The van der Waals surface area contributed by atoms with Crippen LogP contribution in [0, 0.1) is 0 Å². The third-order valence-electron chi connectivity index (χ3n) is 1.05. The van der Waals surface area contributed by atoms with E-state index in [-0.39, 0.29) is 0 Å². The van der Waals surface area contributed by atoms with Crippen LogP contribution in [0.1, 0.15) is 13.8 Å². The molecule has 0 aliphatic carbocycles. The Morgan fingerprint density at radius 1 is 1.25 bits per heavy atom. The average molecular weight is 283 g/mol. The molecule has 0 aliphatic rings. The van der Waals surface area contributed by atoms with Gasteiger partial charge >= 0.3 is 20.0 Å². The molecule has 0 radical (unpaired) electrons. The van der Waals surface area contributed by atoms with E-state index in [0.717, 1.165) is 0 Å². The van der Waals surface area contributed by atoms with E-state index in [0.29, 0.717) is 6.26 Å². The molecule has 16 heavy (non-hydrogen) atoms. The van der Waals surface area contributed by atoms with Gasteiger partial charge in [0, 0.05) is 0 Å². The number of hydrogen-bond acceptors (Lipinski definition) is 5. The van der Waals surface area contributed by atoms with Crippen LogP contribution in [0.5, 0.6) is 0 Å². The second-order valence-corrected chi connectivity index (χ2v) is 5.99. The fraction of sp³-hybridized carbons (Fsp3) is 1.00. The van der Waals surface area contributed by atoms with Crippen molar-refractivity contribution in [2.75, 3.05) is 6.26 Å². The Morgan fingerprint density at radius 3 is 1.94 bits per heavy atom. The van der Waals surface area contributed by atoms with Crippen LogP contribution in [-0.4, -0.2) is 32.8 Å². The summed E-state index contributed by atoms with van der Waals surface area (Å²) in [4.78, 5) is 0. The van der Waals surface area contributed by atoms with Crippen molar-refractivity contribution in [1.82, 2.24) is 0 Å². The summed E-state index contributed by atoms with van der Waals surface area (Å²) in [6, 6.07) is 0. The van der Waals surface area contributed by atoms with Gasteiger partial charge in [-0.1, -0.05) is 0 Å². The van der Waals surface area contributed by atoms with Crippen molar-refractivity contribution in [3.8, 4) is 0 Å². The van der Waals surface area contributed by atoms with Crippen LogP contribution in [0.3, 0.4) is 0 Å². The summed E-state index contributed by atoms with van der Waals surface area (Å²) in [5.74, 6) is -2.97. The van der Waals surface area contributed by atoms with E-state index < -0.39 is 36.3 Å². The van der Waals surface area contributed by atoms with E-state index in [1.165, 1.54) is 13.8 Å². The SMILES string of the molecule is CC(C)O[P+](=O)C(OS(C)(=O)=O)C(F)(F)F. The highest BCUT2D eigenvalue weighted by Crippen LogP contribution is 2.42. The maximum Gasteiger partial charge on any atom is 0.552 e. The summed E-state index contributed by atoms with van der Waals surface area (Å²) in [6.45, 7) is 2.72. The summed E-state index contributed by atoms with van der Waals surface area (Å²) in [7, 11) is -7.68. The van der Waals surface area contributed by atoms with Gasteiger partial charge in [0.05, 0.1) is 6.26 Å². The first kappa shape index (κ1) is 15.8. The van der Waals surface area contributed by atoms with Gasteiger partial charge in [-0.15, -0.1) is 4.52 Å². The van der Waals surface area contributed by atoms with Crippen molar-refractivity contribution < 1.29 is 34.9 Å². The first-order chi connectivity index (χ1) is 6.93. The first-order valence-corrected chi connectivity index (χ1v) is 7.08. The molecule has 0 amide bonds. The summed E-state index contributed by atoms with van der Waals surface area (Å²) in [5, 5.41) is 0. The van der Waals surface area contributed by atoms with Crippen LogP contribution in [0.25, 0.3) is 0 Å². The molecule has 0 rings (SSSR count). The van der Waals surface area contributed by atoms with Crippen LogP contribution >= 0.6 is 8.03 Å². The standard InChI is InChI=1S/C6H11F3O5PS/c1-4(2)13-15(10)5(6(7,8)9)14-16(3,11)12/h4-5H,1-3H3/q+1. The third kappa shape index (κ3) is 6.37. The Morgan fingerprint density at radius 2 is 1.69 bits per heavy atom. The Kier molecular flexibility index (Phi) is 5.31. The van der Waals surface area contributed by atoms with E-state index in [2.05, 4.69) is 8.71 Å². The summed E-state index contributed by atoms with van der Waals surface area (Å²) < 4.78 is 77.2. The minimum absolute atomic E-state index is 0.435. The molecule has 0 N–H and O–H groups in total. The van der Waals surface area contributed by atoms with Crippen LogP contribution in [0.4, 0.5) is 13.2 Å². The lowest BCUT2D eigenvalue weighted by atomic mass is 10.5. The lowest BCUT2D eigenvalue weighted by molar-refractivity contribution is -0.170. The molecule has 0 aromatic heterocycles. The second kappa shape index (κ2) is 5.39. The third-order valence-corrected chi connectivity index (χ3v) is 3.15. The van der Waals surface area contributed by atoms with Crippen molar-refractivity contribution in [1.29, 1.82) is 0 Å². The van der Waals surface area contributed by atoms with Gasteiger partial charge < -0.3 is 0 Å². The molecule has 0 spiro atoms. The molecule has 0 fully saturated rings. The minimum Gasteiger partial charge on any atom is -0.206 e. The predicted octanol–water partition coefficient (Wildman–Crippen LogP) is 2.02. The summed E-state index contributed by atoms with van der Waals surface area (Å²) in [5.41, 5.74) is 0. The highest BCUT2D eigenvalue weighted by Gasteiger charge is 2.58.